The predicted octanol–water partition coefficient (Wildman–Crippen LogP) is 11.8. The summed E-state index contributed by atoms with van der Waals surface area (Å²) in [6.45, 7) is 23.1. The molecule has 6 aromatic rings. The molecule has 7 rings (SSSR count). The summed E-state index contributed by atoms with van der Waals surface area (Å²) in [5.74, 6) is 0. The Balaban J connectivity index is 1.62. The smallest absolute Gasteiger partial charge is 0.0730 e. The summed E-state index contributed by atoms with van der Waals surface area (Å²) in [6.07, 6.45) is 5.37. The van der Waals surface area contributed by atoms with Crippen LogP contribution < -0.4 is 15.6 Å². The molecule has 0 radical (unpaired) electrons. The highest BCUT2D eigenvalue weighted by Crippen LogP contribution is 2.53. The maximum atomic E-state index is 2.68. The van der Waals surface area contributed by atoms with Gasteiger partial charge in [0, 0.05) is 5.04 Å². The van der Waals surface area contributed by atoms with Gasteiger partial charge in [0.15, 0.2) is 8.07 Å². The molecule has 1 aliphatic rings. The van der Waals surface area contributed by atoms with Crippen molar-refractivity contribution in [1.29, 1.82) is 0 Å². The van der Waals surface area contributed by atoms with E-state index >= 15 is 0 Å². The van der Waals surface area contributed by atoms with Gasteiger partial charge in [0.25, 0.3) is 0 Å². The number of aryl methyl sites for hydroxylation is 6. The zero-order valence-electron chi connectivity index (χ0n) is 34.8. The summed E-state index contributed by atoms with van der Waals surface area (Å²) in [5, 5.41) is 4.33. The lowest BCUT2D eigenvalue weighted by Gasteiger charge is -2.49. The van der Waals surface area contributed by atoms with Crippen LogP contribution in [0.2, 0.25) is 5.04 Å². The lowest BCUT2D eigenvalue weighted by molar-refractivity contribution is 0.867. The van der Waals surface area contributed by atoms with Crippen LogP contribution in [0.1, 0.15) is 94.5 Å². The number of benzene rings is 6. The van der Waals surface area contributed by atoms with Crippen molar-refractivity contribution in [2.75, 3.05) is 0 Å². The molecule has 0 spiro atoms. The average Bonchev–Trinajstić information content (AvgIpc) is 3.31. The molecule has 0 bridgehead atoms. The third-order valence-corrected chi connectivity index (χ3v) is 18.5. The monoisotopic (exact) mass is 734 g/mol. The van der Waals surface area contributed by atoms with E-state index in [4.69, 9.17) is 0 Å². The second-order valence-electron chi connectivity index (χ2n) is 17.0. The van der Waals surface area contributed by atoms with Gasteiger partial charge in [-0.2, -0.15) is 0 Å². The second kappa shape index (κ2) is 15.3. The van der Waals surface area contributed by atoms with Crippen LogP contribution in [-0.2, 0) is 19.3 Å². The van der Waals surface area contributed by atoms with Crippen molar-refractivity contribution < 1.29 is 0 Å². The van der Waals surface area contributed by atoms with Crippen LogP contribution in [0, 0.1) is 41.5 Å². The molecule has 0 heterocycles. The summed E-state index contributed by atoms with van der Waals surface area (Å²) in [5.41, 5.74) is 20.7. The molecule has 6 aromatic carbocycles. The Labute approximate surface area is 332 Å². The van der Waals surface area contributed by atoms with Gasteiger partial charge in [-0.25, -0.2) is 0 Å². The zero-order valence-corrected chi connectivity index (χ0v) is 35.8. The van der Waals surface area contributed by atoms with E-state index in [0.717, 1.165) is 19.3 Å². The van der Waals surface area contributed by atoms with Gasteiger partial charge in [-0.05, 0) is 136 Å². The molecular formula is C54H58Si. The molecule has 0 aromatic heterocycles. The Morgan fingerprint density at radius 3 is 0.964 bits per heavy atom. The van der Waals surface area contributed by atoms with Gasteiger partial charge in [0.1, 0.15) is 0 Å². The standard InChI is InChI=1S/C54H58Si/c1-36-23-37(2)27-45(26-36)32-48-17-11-14-20-51(48)55(54(10)35-42(7)43(8)44(54)9,52-21-15-12-18-49(52)33-46-28-38(3)24-39(4)29-46)53-22-16-13-19-50(53)34-47-30-40(5)25-41(6)31-47/h11-31,35H,32-34H2,1-10H3. The predicted molar refractivity (Wildman–Crippen MR) is 241 cm³/mol. The number of hydrogen-bond acceptors (Lipinski definition) is 0. The third kappa shape index (κ3) is 7.28. The Morgan fingerprint density at radius 2 is 0.691 bits per heavy atom. The van der Waals surface area contributed by atoms with Crippen molar-refractivity contribution in [2.24, 2.45) is 0 Å². The first-order valence-electron chi connectivity index (χ1n) is 20.1. The van der Waals surface area contributed by atoms with Gasteiger partial charge in [0.2, 0.25) is 0 Å². The number of allylic oxidation sites excluding steroid dienone is 4. The normalized spacial score (nSPS) is 15.8. The van der Waals surface area contributed by atoms with Gasteiger partial charge >= 0.3 is 0 Å². The van der Waals surface area contributed by atoms with Crippen molar-refractivity contribution >= 4 is 23.6 Å². The molecule has 0 saturated carbocycles. The Morgan fingerprint density at radius 1 is 0.400 bits per heavy atom. The van der Waals surface area contributed by atoms with E-state index in [-0.39, 0.29) is 5.04 Å². The van der Waals surface area contributed by atoms with Crippen molar-refractivity contribution in [3.8, 4) is 0 Å². The molecule has 1 aliphatic carbocycles. The fraction of sp³-hybridized carbons (Fsp3) is 0.259. The van der Waals surface area contributed by atoms with E-state index in [0.29, 0.717) is 0 Å². The quantitative estimate of drug-likeness (QED) is 0.0971. The maximum Gasteiger partial charge on any atom is 0.162 e. The molecule has 0 N–H and O–H groups in total. The van der Waals surface area contributed by atoms with Crippen LogP contribution >= 0.6 is 0 Å². The number of rotatable bonds is 10. The topological polar surface area (TPSA) is 0 Å². The summed E-state index contributed by atoms with van der Waals surface area (Å²) in [7, 11) is -3.07. The molecule has 0 amide bonds. The molecule has 0 fully saturated rings. The Bertz CT molecular complexity index is 2180. The highest BCUT2D eigenvalue weighted by molar-refractivity contribution is 7.14. The largest absolute Gasteiger partial charge is 0.162 e. The summed E-state index contributed by atoms with van der Waals surface area (Å²) < 4.78 is 0. The van der Waals surface area contributed by atoms with Crippen LogP contribution in [-0.4, -0.2) is 8.07 Å². The van der Waals surface area contributed by atoms with Crippen molar-refractivity contribution in [2.45, 2.75) is 93.5 Å². The van der Waals surface area contributed by atoms with E-state index in [2.05, 4.69) is 203 Å². The average molecular weight is 735 g/mol. The molecule has 55 heavy (non-hydrogen) atoms. The van der Waals surface area contributed by atoms with Crippen molar-refractivity contribution in [3.05, 3.63) is 217 Å². The van der Waals surface area contributed by atoms with E-state index in [9.17, 15) is 0 Å². The van der Waals surface area contributed by atoms with Crippen molar-refractivity contribution in [3.63, 3.8) is 0 Å². The fourth-order valence-corrected chi connectivity index (χ4v) is 17.0. The Hall–Kier alpha value is -4.98. The lowest BCUT2D eigenvalue weighted by Crippen LogP contribution is -2.75. The van der Waals surface area contributed by atoms with Crippen LogP contribution in [0.4, 0.5) is 0 Å². The van der Waals surface area contributed by atoms with Crippen LogP contribution in [0.15, 0.2) is 150 Å². The van der Waals surface area contributed by atoms with Gasteiger partial charge < -0.3 is 0 Å². The van der Waals surface area contributed by atoms with E-state index in [1.165, 1.54) is 99.0 Å². The van der Waals surface area contributed by atoms with Crippen LogP contribution in [0.25, 0.3) is 0 Å². The van der Waals surface area contributed by atoms with E-state index in [1.54, 1.807) is 0 Å². The summed E-state index contributed by atoms with van der Waals surface area (Å²) >= 11 is 0. The summed E-state index contributed by atoms with van der Waals surface area (Å²) in [6, 6.07) is 49.9. The van der Waals surface area contributed by atoms with Gasteiger partial charge in [0.05, 0.1) is 0 Å². The zero-order chi connectivity index (χ0) is 39.1. The minimum absolute atomic E-state index is 0.239. The highest BCUT2D eigenvalue weighted by Gasteiger charge is 2.58. The minimum atomic E-state index is -3.07. The SMILES string of the molecule is CC1=CC(C)([Si](c2ccccc2Cc2cc(C)cc(C)c2)(c2ccccc2Cc2cc(C)cc(C)c2)c2ccccc2Cc2cc(C)cc(C)c2)C(C)=C1C. The lowest BCUT2D eigenvalue weighted by atomic mass is 10.00. The molecule has 1 unspecified atom stereocenters. The van der Waals surface area contributed by atoms with Gasteiger partial charge in [-0.15, -0.1) is 0 Å². The van der Waals surface area contributed by atoms with Gasteiger partial charge in [-0.3, -0.25) is 0 Å². The molecule has 0 nitrogen and oxygen atoms in total. The fourth-order valence-electron chi connectivity index (χ4n) is 10.3. The van der Waals surface area contributed by atoms with Crippen molar-refractivity contribution in [1.82, 2.24) is 0 Å². The molecule has 1 atom stereocenters. The molecule has 0 aliphatic heterocycles. The molecule has 278 valence electrons. The summed E-state index contributed by atoms with van der Waals surface area (Å²) in [4.78, 5) is 0. The Kier molecular flexibility index (Phi) is 10.6. The van der Waals surface area contributed by atoms with Gasteiger partial charge in [-0.1, -0.05) is 185 Å². The minimum Gasteiger partial charge on any atom is -0.0730 e. The highest BCUT2D eigenvalue weighted by atomic mass is 28.3. The second-order valence-corrected chi connectivity index (χ2v) is 21.2. The molecule has 1 heteroatoms. The first-order chi connectivity index (χ1) is 26.3. The number of hydrogen-bond donors (Lipinski definition) is 0. The molecule has 0 saturated heterocycles. The van der Waals surface area contributed by atoms with E-state index < -0.39 is 8.07 Å². The first kappa shape index (κ1) is 38.3. The maximum absolute atomic E-state index is 3.07. The van der Waals surface area contributed by atoms with Crippen LogP contribution in [0.3, 0.4) is 0 Å². The third-order valence-electron chi connectivity index (χ3n) is 12.5. The van der Waals surface area contributed by atoms with E-state index in [1.807, 2.05) is 0 Å². The van der Waals surface area contributed by atoms with Crippen LogP contribution in [0.5, 0.6) is 0 Å². The molecular weight excluding hydrogens is 677 g/mol. The first-order valence-corrected chi connectivity index (χ1v) is 22.1.